The molecule has 1 unspecified atom stereocenters. The van der Waals surface area contributed by atoms with Gasteiger partial charge in [-0.25, -0.2) is 0 Å². The van der Waals surface area contributed by atoms with Crippen LogP contribution in [0.2, 0.25) is 0 Å². The lowest BCUT2D eigenvalue weighted by Crippen LogP contribution is -2.32. The minimum Gasteiger partial charge on any atom is -0.321 e. The molecule has 1 aromatic rings. The fourth-order valence-electron chi connectivity index (χ4n) is 1.66. The minimum absolute atomic E-state index is 0.0974. The highest BCUT2D eigenvalue weighted by atomic mass is 15.5. The van der Waals surface area contributed by atoms with Gasteiger partial charge in [-0.3, -0.25) is 5.01 Å². The first-order valence-electron chi connectivity index (χ1n) is 4.97. The van der Waals surface area contributed by atoms with E-state index in [1.54, 1.807) is 0 Å². The number of anilines is 1. The second kappa shape index (κ2) is 3.80. The Kier molecular flexibility index (Phi) is 2.50. The van der Waals surface area contributed by atoms with Gasteiger partial charge in [0.15, 0.2) is 0 Å². The Morgan fingerprint density at radius 3 is 2.71 bits per heavy atom. The lowest BCUT2D eigenvalue weighted by Gasteiger charge is -2.13. The molecule has 0 fully saturated rings. The third-order valence-corrected chi connectivity index (χ3v) is 2.46. The lowest BCUT2D eigenvalue weighted by atomic mass is 10.1. The van der Waals surface area contributed by atoms with Crippen LogP contribution < -0.4 is 10.7 Å². The van der Waals surface area contributed by atoms with Crippen LogP contribution in [0.15, 0.2) is 35.4 Å². The van der Waals surface area contributed by atoms with E-state index in [1.807, 2.05) is 23.2 Å². The minimum atomic E-state index is 0.0974. The molecular weight excluding hydrogens is 174 g/mol. The molecule has 1 atom stereocenters. The van der Waals surface area contributed by atoms with Gasteiger partial charge in [0.05, 0.1) is 24.0 Å². The summed E-state index contributed by atoms with van der Waals surface area (Å²) in [6.07, 6.45) is 0.935. The molecule has 1 aliphatic heterocycles. The van der Waals surface area contributed by atoms with Crippen molar-refractivity contribution in [2.45, 2.75) is 19.4 Å². The van der Waals surface area contributed by atoms with Crippen LogP contribution in [0.4, 0.5) is 5.69 Å². The van der Waals surface area contributed by atoms with Crippen molar-refractivity contribution in [1.29, 1.82) is 0 Å². The standard InChI is InChI=1S/C11H15N3/c1-2-11-10(12)8-14(13-11)9-6-4-3-5-7-9/h3-7,10H,2,8,12H2,1H3. The first kappa shape index (κ1) is 9.21. The van der Waals surface area contributed by atoms with Crippen molar-refractivity contribution in [3.63, 3.8) is 0 Å². The normalized spacial score (nSPS) is 21.1. The molecule has 3 heteroatoms. The maximum atomic E-state index is 5.94. The fourth-order valence-corrected chi connectivity index (χ4v) is 1.66. The molecule has 0 radical (unpaired) electrons. The van der Waals surface area contributed by atoms with Crippen LogP contribution in [0.3, 0.4) is 0 Å². The Morgan fingerprint density at radius 2 is 2.14 bits per heavy atom. The van der Waals surface area contributed by atoms with Crippen molar-refractivity contribution >= 4 is 11.4 Å². The van der Waals surface area contributed by atoms with E-state index in [1.165, 1.54) is 0 Å². The summed E-state index contributed by atoms with van der Waals surface area (Å²) in [6.45, 7) is 2.89. The van der Waals surface area contributed by atoms with Crippen LogP contribution in [0, 0.1) is 0 Å². The van der Waals surface area contributed by atoms with Gasteiger partial charge in [-0.2, -0.15) is 5.10 Å². The number of nitrogens with zero attached hydrogens (tertiary/aromatic N) is 2. The Hall–Kier alpha value is -1.35. The molecule has 0 saturated carbocycles. The van der Waals surface area contributed by atoms with Crippen LogP contribution in [0.1, 0.15) is 13.3 Å². The van der Waals surface area contributed by atoms with Crippen molar-refractivity contribution in [3.05, 3.63) is 30.3 Å². The van der Waals surface area contributed by atoms with E-state index in [0.717, 1.165) is 24.4 Å². The van der Waals surface area contributed by atoms with Gasteiger partial charge in [0, 0.05) is 0 Å². The number of hydrogen-bond acceptors (Lipinski definition) is 3. The fraction of sp³-hybridized carbons (Fsp3) is 0.364. The molecule has 0 aromatic heterocycles. The summed E-state index contributed by atoms with van der Waals surface area (Å²) < 4.78 is 0. The summed E-state index contributed by atoms with van der Waals surface area (Å²) in [5.74, 6) is 0. The molecule has 1 aromatic carbocycles. The van der Waals surface area contributed by atoms with Crippen LogP contribution in [0.25, 0.3) is 0 Å². The lowest BCUT2D eigenvalue weighted by molar-refractivity contribution is 0.830. The van der Waals surface area contributed by atoms with Crippen molar-refractivity contribution in [2.24, 2.45) is 10.8 Å². The van der Waals surface area contributed by atoms with Gasteiger partial charge in [0.25, 0.3) is 0 Å². The highest BCUT2D eigenvalue weighted by molar-refractivity contribution is 5.92. The molecular formula is C11H15N3. The predicted molar refractivity (Wildman–Crippen MR) is 59.5 cm³/mol. The number of benzene rings is 1. The van der Waals surface area contributed by atoms with Gasteiger partial charge in [0.1, 0.15) is 0 Å². The average Bonchev–Trinajstić information content (AvgIpc) is 2.61. The van der Waals surface area contributed by atoms with E-state index < -0.39 is 0 Å². The largest absolute Gasteiger partial charge is 0.321 e. The van der Waals surface area contributed by atoms with Gasteiger partial charge >= 0.3 is 0 Å². The molecule has 2 rings (SSSR count). The topological polar surface area (TPSA) is 41.6 Å². The van der Waals surface area contributed by atoms with Gasteiger partial charge in [-0.05, 0) is 18.6 Å². The van der Waals surface area contributed by atoms with Gasteiger partial charge < -0.3 is 5.73 Å². The zero-order chi connectivity index (χ0) is 9.97. The number of nitrogens with two attached hydrogens (primary N) is 1. The Morgan fingerprint density at radius 1 is 1.43 bits per heavy atom. The molecule has 14 heavy (non-hydrogen) atoms. The highest BCUT2D eigenvalue weighted by Crippen LogP contribution is 2.18. The summed E-state index contributed by atoms with van der Waals surface area (Å²) in [5, 5.41) is 6.46. The molecule has 2 N–H and O–H groups in total. The van der Waals surface area contributed by atoms with Crippen molar-refractivity contribution in [2.75, 3.05) is 11.6 Å². The summed E-state index contributed by atoms with van der Waals surface area (Å²) in [6, 6.07) is 10.2. The zero-order valence-electron chi connectivity index (χ0n) is 8.35. The smallest absolute Gasteiger partial charge is 0.0647 e. The first-order valence-corrected chi connectivity index (χ1v) is 4.97. The Bertz CT molecular complexity index is 332. The quantitative estimate of drug-likeness (QED) is 0.767. The molecule has 0 amide bonds. The van der Waals surface area contributed by atoms with Crippen molar-refractivity contribution < 1.29 is 0 Å². The van der Waals surface area contributed by atoms with E-state index in [4.69, 9.17) is 5.73 Å². The van der Waals surface area contributed by atoms with E-state index >= 15 is 0 Å². The number of hydrazone groups is 1. The van der Waals surface area contributed by atoms with Crippen molar-refractivity contribution in [1.82, 2.24) is 0 Å². The summed E-state index contributed by atoms with van der Waals surface area (Å²) in [5.41, 5.74) is 8.15. The number of hydrogen-bond donors (Lipinski definition) is 1. The summed E-state index contributed by atoms with van der Waals surface area (Å²) in [7, 11) is 0. The second-order valence-corrected chi connectivity index (χ2v) is 3.47. The average molecular weight is 189 g/mol. The molecule has 74 valence electrons. The molecule has 3 nitrogen and oxygen atoms in total. The van der Waals surface area contributed by atoms with E-state index in [9.17, 15) is 0 Å². The monoisotopic (exact) mass is 189 g/mol. The van der Waals surface area contributed by atoms with Crippen LogP contribution >= 0.6 is 0 Å². The van der Waals surface area contributed by atoms with E-state index in [0.29, 0.717) is 0 Å². The van der Waals surface area contributed by atoms with Crippen LogP contribution in [0.5, 0.6) is 0 Å². The van der Waals surface area contributed by atoms with E-state index in [-0.39, 0.29) is 6.04 Å². The van der Waals surface area contributed by atoms with Crippen LogP contribution in [-0.4, -0.2) is 18.3 Å². The molecule has 0 saturated heterocycles. The van der Waals surface area contributed by atoms with Gasteiger partial charge in [-0.1, -0.05) is 25.1 Å². The maximum absolute atomic E-state index is 5.94. The van der Waals surface area contributed by atoms with Gasteiger partial charge in [0.2, 0.25) is 0 Å². The Balaban J connectivity index is 2.20. The highest BCUT2D eigenvalue weighted by Gasteiger charge is 2.22. The summed E-state index contributed by atoms with van der Waals surface area (Å²) >= 11 is 0. The third-order valence-electron chi connectivity index (χ3n) is 2.46. The van der Waals surface area contributed by atoms with Crippen LogP contribution in [-0.2, 0) is 0 Å². The van der Waals surface area contributed by atoms with E-state index in [2.05, 4.69) is 24.2 Å². The SMILES string of the molecule is CCC1=NN(c2ccccc2)CC1N. The molecule has 1 heterocycles. The third kappa shape index (κ3) is 1.63. The number of para-hydroxylation sites is 1. The molecule has 1 aliphatic rings. The predicted octanol–water partition coefficient (Wildman–Crippen LogP) is 1.60. The molecule has 0 aliphatic carbocycles. The zero-order valence-corrected chi connectivity index (χ0v) is 8.35. The Labute approximate surface area is 84.2 Å². The maximum Gasteiger partial charge on any atom is 0.0647 e. The summed E-state index contributed by atoms with van der Waals surface area (Å²) in [4.78, 5) is 0. The number of rotatable bonds is 2. The van der Waals surface area contributed by atoms with Crippen molar-refractivity contribution in [3.8, 4) is 0 Å². The first-order chi connectivity index (χ1) is 6.81. The second-order valence-electron chi connectivity index (χ2n) is 3.47. The van der Waals surface area contributed by atoms with Gasteiger partial charge in [-0.15, -0.1) is 0 Å². The molecule has 0 spiro atoms. The molecule has 0 bridgehead atoms.